The van der Waals surface area contributed by atoms with Crippen molar-refractivity contribution in [3.63, 3.8) is 0 Å². The molecular formula is C14H16N2O5. The number of nitro benzene ring substituents is 1. The number of carbonyl (C=O) groups excluding carboxylic acids is 1. The average Bonchev–Trinajstić information content (AvgIpc) is 2.85. The van der Waals surface area contributed by atoms with E-state index in [1.165, 1.54) is 17.0 Å². The number of nitrogens with zero attached hydrogens (tertiary/aromatic N) is 2. The zero-order chi connectivity index (χ0) is 15.6. The first kappa shape index (κ1) is 15.0. The Kier molecular flexibility index (Phi) is 4.21. The molecule has 2 rings (SSSR count). The summed E-state index contributed by atoms with van der Waals surface area (Å²) in [7, 11) is 0. The highest BCUT2D eigenvalue weighted by atomic mass is 16.6. The smallest absolute Gasteiger partial charge is 0.305 e. The predicted molar refractivity (Wildman–Crippen MR) is 74.1 cm³/mol. The second-order valence-electron chi connectivity index (χ2n) is 5.15. The molecule has 0 bridgehead atoms. The standard InChI is InChI=1S/C14H16N2O5/c1-9-4-5-10(7-12(9)16(20)21)14(19)15-6-2-3-11(15)8-13(17)18/h4-5,7,11H,2-3,6,8H2,1H3,(H,17,18). The van der Waals surface area contributed by atoms with Crippen molar-refractivity contribution in [3.8, 4) is 0 Å². The van der Waals surface area contributed by atoms with Crippen LogP contribution in [0.4, 0.5) is 5.69 Å². The first-order chi connectivity index (χ1) is 9.90. The Balaban J connectivity index is 2.25. The van der Waals surface area contributed by atoms with Crippen molar-refractivity contribution in [2.75, 3.05) is 6.54 Å². The fourth-order valence-corrected chi connectivity index (χ4v) is 2.62. The second-order valence-corrected chi connectivity index (χ2v) is 5.15. The van der Waals surface area contributed by atoms with Gasteiger partial charge in [-0.1, -0.05) is 6.07 Å². The molecule has 1 unspecified atom stereocenters. The largest absolute Gasteiger partial charge is 0.481 e. The summed E-state index contributed by atoms with van der Waals surface area (Å²) in [6, 6.07) is 4.00. The maximum atomic E-state index is 12.4. The maximum Gasteiger partial charge on any atom is 0.305 e. The summed E-state index contributed by atoms with van der Waals surface area (Å²) in [5.74, 6) is -1.29. The third-order valence-corrected chi connectivity index (χ3v) is 3.70. The Labute approximate surface area is 121 Å². The lowest BCUT2D eigenvalue weighted by Crippen LogP contribution is -2.36. The molecule has 0 radical (unpaired) electrons. The number of nitro groups is 1. The Morgan fingerprint density at radius 2 is 2.19 bits per heavy atom. The van der Waals surface area contributed by atoms with Crippen LogP contribution in [0.25, 0.3) is 0 Å². The summed E-state index contributed by atoms with van der Waals surface area (Å²) >= 11 is 0. The molecular weight excluding hydrogens is 276 g/mol. The number of aliphatic carboxylic acids is 1. The lowest BCUT2D eigenvalue weighted by Gasteiger charge is -2.23. The summed E-state index contributed by atoms with van der Waals surface area (Å²) in [6.07, 6.45) is 1.29. The zero-order valence-electron chi connectivity index (χ0n) is 11.6. The summed E-state index contributed by atoms with van der Waals surface area (Å²) in [5.41, 5.74) is 0.611. The molecule has 1 atom stereocenters. The van der Waals surface area contributed by atoms with Gasteiger partial charge in [-0.3, -0.25) is 19.7 Å². The Morgan fingerprint density at radius 1 is 1.48 bits per heavy atom. The van der Waals surface area contributed by atoms with E-state index in [1.54, 1.807) is 13.0 Å². The van der Waals surface area contributed by atoms with Gasteiger partial charge in [0, 0.05) is 29.8 Å². The molecule has 1 saturated heterocycles. The highest BCUT2D eigenvalue weighted by Gasteiger charge is 2.31. The van der Waals surface area contributed by atoms with Crippen molar-refractivity contribution in [2.24, 2.45) is 0 Å². The van der Waals surface area contributed by atoms with Gasteiger partial charge in [-0.25, -0.2) is 0 Å². The zero-order valence-corrected chi connectivity index (χ0v) is 11.6. The van der Waals surface area contributed by atoms with Crippen molar-refractivity contribution >= 4 is 17.6 Å². The van der Waals surface area contributed by atoms with Crippen LogP contribution in [0.5, 0.6) is 0 Å². The molecule has 1 aromatic carbocycles. The van der Waals surface area contributed by atoms with Crippen LogP contribution in [0.2, 0.25) is 0 Å². The monoisotopic (exact) mass is 292 g/mol. The minimum absolute atomic E-state index is 0.0975. The van der Waals surface area contributed by atoms with Crippen molar-refractivity contribution in [3.05, 3.63) is 39.4 Å². The quantitative estimate of drug-likeness (QED) is 0.675. The molecule has 1 heterocycles. The SMILES string of the molecule is Cc1ccc(C(=O)N2CCCC2CC(=O)O)cc1[N+](=O)[O-]. The van der Waals surface area contributed by atoms with Gasteiger partial charge in [0.25, 0.3) is 11.6 Å². The van der Waals surface area contributed by atoms with Crippen LogP contribution >= 0.6 is 0 Å². The summed E-state index contributed by atoms with van der Waals surface area (Å²) in [4.78, 5) is 35.2. The van der Waals surface area contributed by atoms with Gasteiger partial charge >= 0.3 is 5.97 Å². The van der Waals surface area contributed by atoms with Crippen molar-refractivity contribution in [2.45, 2.75) is 32.2 Å². The van der Waals surface area contributed by atoms with Crippen molar-refractivity contribution in [1.29, 1.82) is 0 Å². The van der Waals surface area contributed by atoms with Gasteiger partial charge in [0.05, 0.1) is 11.3 Å². The Morgan fingerprint density at radius 3 is 2.81 bits per heavy atom. The molecule has 0 spiro atoms. The Hall–Kier alpha value is -2.44. The van der Waals surface area contributed by atoms with Crippen LogP contribution in [0, 0.1) is 17.0 Å². The van der Waals surface area contributed by atoms with Crippen molar-refractivity contribution < 1.29 is 19.6 Å². The summed E-state index contributed by atoms with van der Waals surface area (Å²) in [5, 5.41) is 19.8. The number of rotatable bonds is 4. The summed E-state index contributed by atoms with van der Waals surface area (Å²) in [6.45, 7) is 2.09. The van der Waals surface area contributed by atoms with Crippen LogP contribution in [0.15, 0.2) is 18.2 Å². The first-order valence-corrected chi connectivity index (χ1v) is 6.68. The molecule has 1 aliphatic heterocycles. The van der Waals surface area contributed by atoms with E-state index < -0.39 is 10.9 Å². The van der Waals surface area contributed by atoms with Gasteiger partial charge in [-0.05, 0) is 25.8 Å². The highest BCUT2D eigenvalue weighted by Crippen LogP contribution is 2.25. The van der Waals surface area contributed by atoms with Gasteiger partial charge in [0.15, 0.2) is 0 Å². The number of hydrogen-bond acceptors (Lipinski definition) is 4. The van der Waals surface area contributed by atoms with Gasteiger partial charge in [0.2, 0.25) is 0 Å². The van der Waals surface area contributed by atoms with E-state index in [0.717, 1.165) is 6.42 Å². The molecule has 7 heteroatoms. The van der Waals surface area contributed by atoms with E-state index in [0.29, 0.717) is 18.5 Å². The van der Waals surface area contributed by atoms with E-state index in [-0.39, 0.29) is 29.6 Å². The van der Waals surface area contributed by atoms with Gasteiger partial charge < -0.3 is 10.0 Å². The van der Waals surface area contributed by atoms with Crippen LogP contribution in [-0.4, -0.2) is 39.4 Å². The molecule has 21 heavy (non-hydrogen) atoms. The number of carbonyl (C=O) groups is 2. The lowest BCUT2D eigenvalue weighted by atomic mass is 10.1. The molecule has 1 N–H and O–H groups in total. The predicted octanol–water partition coefficient (Wildman–Crippen LogP) is 1.98. The molecule has 1 aromatic rings. The number of likely N-dealkylation sites (tertiary alicyclic amines) is 1. The molecule has 1 aliphatic rings. The number of aryl methyl sites for hydroxylation is 1. The number of hydrogen-bond donors (Lipinski definition) is 1. The van der Waals surface area contributed by atoms with E-state index in [1.807, 2.05) is 0 Å². The average molecular weight is 292 g/mol. The van der Waals surface area contributed by atoms with Crippen molar-refractivity contribution in [1.82, 2.24) is 4.90 Å². The van der Waals surface area contributed by atoms with E-state index >= 15 is 0 Å². The third kappa shape index (κ3) is 3.18. The van der Waals surface area contributed by atoms with Crippen LogP contribution in [0.1, 0.15) is 35.2 Å². The van der Waals surface area contributed by atoms with Gasteiger partial charge in [-0.2, -0.15) is 0 Å². The van der Waals surface area contributed by atoms with E-state index in [2.05, 4.69) is 0 Å². The molecule has 7 nitrogen and oxygen atoms in total. The maximum absolute atomic E-state index is 12.4. The fourth-order valence-electron chi connectivity index (χ4n) is 2.62. The molecule has 1 amide bonds. The summed E-state index contributed by atoms with van der Waals surface area (Å²) < 4.78 is 0. The minimum Gasteiger partial charge on any atom is -0.481 e. The number of carboxylic acid groups (broad SMARTS) is 1. The lowest BCUT2D eigenvalue weighted by molar-refractivity contribution is -0.385. The molecule has 0 aromatic heterocycles. The minimum atomic E-state index is -0.949. The number of benzene rings is 1. The fraction of sp³-hybridized carbons (Fsp3) is 0.429. The van der Waals surface area contributed by atoms with Gasteiger partial charge in [-0.15, -0.1) is 0 Å². The number of carboxylic acids is 1. The van der Waals surface area contributed by atoms with Crippen LogP contribution < -0.4 is 0 Å². The van der Waals surface area contributed by atoms with Crippen LogP contribution in [-0.2, 0) is 4.79 Å². The topological polar surface area (TPSA) is 101 Å². The first-order valence-electron chi connectivity index (χ1n) is 6.68. The van der Waals surface area contributed by atoms with Crippen LogP contribution in [0.3, 0.4) is 0 Å². The molecule has 0 aliphatic carbocycles. The third-order valence-electron chi connectivity index (χ3n) is 3.70. The number of amides is 1. The normalized spacial score (nSPS) is 17.8. The molecule has 0 saturated carbocycles. The molecule has 1 fully saturated rings. The highest BCUT2D eigenvalue weighted by molar-refractivity contribution is 5.95. The Bertz CT molecular complexity index is 599. The van der Waals surface area contributed by atoms with Gasteiger partial charge in [0.1, 0.15) is 0 Å². The second kappa shape index (κ2) is 5.90. The van der Waals surface area contributed by atoms with E-state index in [4.69, 9.17) is 5.11 Å². The molecule has 112 valence electrons. The van der Waals surface area contributed by atoms with E-state index in [9.17, 15) is 19.7 Å².